The number of nitro groups is 1. The molecule has 5 fully saturated rings. The number of hydrogen-bond donors (Lipinski definition) is 2. The summed E-state index contributed by atoms with van der Waals surface area (Å²) in [5.41, 5.74) is 1.01. The number of para-hydroxylation sites is 1. The lowest BCUT2D eigenvalue weighted by Gasteiger charge is -2.72. The van der Waals surface area contributed by atoms with Crippen LogP contribution in [0.4, 0.5) is 5.69 Å². The maximum absolute atomic E-state index is 13.2. The van der Waals surface area contributed by atoms with Crippen LogP contribution in [-0.4, -0.2) is 27.2 Å². The standard InChI is InChI=1S/C37H51NO5/c1-23(11-12-24-9-7-8-10-27(24)38(42)43)25-15-20-37(32(40)41)22-21-35(5)26(31(25)37)13-14-29-34(4)18-17-30(39)33(2,3)28(34)16-19-36(29,35)6/h7-12,25-26,28-31,39H,1,13-22H2,2-6H3,(H,40,41)/b12-11+/t25-,26+,28-,29+,30-,31+,34-,35+,36+,37-/m0/s1. The first kappa shape index (κ1) is 30.6. The number of carboxylic acids is 1. The van der Waals surface area contributed by atoms with E-state index in [9.17, 15) is 25.1 Å². The molecule has 6 heteroatoms. The number of aliphatic hydroxyl groups excluding tert-OH is 1. The maximum atomic E-state index is 13.2. The van der Waals surface area contributed by atoms with E-state index in [1.54, 1.807) is 24.3 Å². The van der Waals surface area contributed by atoms with Gasteiger partial charge in [-0.15, -0.1) is 0 Å². The summed E-state index contributed by atoms with van der Waals surface area (Å²) in [6.45, 7) is 16.6. The first-order valence-corrected chi connectivity index (χ1v) is 16.7. The summed E-state index contributed by atoms with van der Waals surface area (Å²) in [7, 11) is 0. The van der Waals surface area contributed by atoms with E-state index >= 15 is 0 Å². The minimum Gasteiger partial charge on any atom is -0.481 e. The van der Waals surface area contributed by atoms with Crippen molar-refractivity contribution < 1.29 is 19.9 Å². The second-order valence-electron chi connectivity index (χ2n) is 16.4. The molecular weight excluding hydrogens is 538 g/mol. The minimum absolute atomic E-state index is 0.0135. The molecule has 5 saturated carbocycles. The van der Waals surface area contributed by atoms with Gasteiger partial charge in [0.15, 0.2) is 0 Å². The lowest BCUT2D eigenvalue weighted by molar-refractivity contribution is -0.385. The largest absolute Gasteiger partial charge is 0.481 e. The van der Waals surface area contributed by atoms with Crippen LogP contribution in [-0.2, 0) is 4.79 Å². The minimum atomic E-state index is -0.731. The number of allylic oxidation sites excluding steroid dienone is 2. The normalized spacial score (nSPS) is 45.0. The van der Waals surface area contributed by atoms with Crippen LogP contribution in [0.5, 0.6) is 0 Å². The molecule has 0 saturated heterocycles. The molecule has 0 heterocycles. The molecule has 6 nitrogen and oxygen atoms in total. The molecule has 0 aliphatic heterocycles. The molecule has 234 valence electrons. The van der Waals surface area contributed by atoms with E-state index in [-0.39, 0.29) is 50.2 Å². The molecule has 0 unspecified atom stereocenters. The van der Waals surface area contributed by atoms with Crippen molar-refractivity contribution in [2.24, 2.45) is 56.7 Å². The van der Waals surface area contributed by atoms with Gasteiger partial charge in [0.25, 0.3) is 5.69 Å². The predicted octanol–water partition coefficient (Wildman–Crippen LogP) is 8.69. The Hall–Kier alpha value is -2.47. The van der Waals surface area contributed by atoms with Crippen LogP contribution in [0.25, 0.3) is 6.08 Å². The average Bonchev–Trinajstić information content (AvgIpc) is 3.36. The van der Waals surface area contributed by atoms with Crippen molar-refractivity contribution in [2.45, 2.75) is 105 Å². The third-order valence-electron chi connectivity index (χ3n) is 14.9. The van der Waals surface area contributed by atoms with Crippen molar-refractivity contribution in [3.63, 3.8) is 0 Å². The molecule has 1 aromatic carbocycles. The third-order valence-corrected chi connectivity index (χ3v) is 14.9. The summed E-state index contributed by atoms with van der Waals surface area (Å²) in [6, 6.07) is 6.74. The zero-order valence-corrected chi connectivity index (χ0v) is 26.8. The molecule has 0 bridgehead atoms. The molecule has 5 aliphatic carbocycles. The summed E-state index contributed by atoms with van der Waals surface area (Å²) >= 11 is 0. The highest BCUT2D eigenvalue weighted by Crippen LogP contribution is 2.77. The molecule has 1 aromatic rings. The summed E-state index contributed by atoms with van der Waals surface area (Å²) in [4.78, 5) is 24.4. The number of hydrogen-bond acceptors (Lipinski definition) is 4. The van der Waals surface area contributed by atoms with Gasteiger partial charge in [0.2, 0.25) is 0 Å². The zero-order chi connectivity index (χ0) is 31.2. The Balaban J connectivity index is 1.35. The number of fused-ring (bicyclic) bond motifs is 7. The number of benzene rings is 1. The van der Waals surface area contributed by atoms with Gasteiger partial charge < -0.3 is 10.2 Å². The number of nitrogens with zero attached hydrogens (tertiary/aromatic N) is 1. The van der Waals surface area contributed by atoms with Gasteiger partial charge in [0.1, 0.15) is 0 Å². The Labute approximate surface area is 257 Å². The van der Waals surface area contributed by atoms with Gasteiger partial charge in [-0.1, -0.05) is 65.0 Å². The van der Waals surface area contributed by atoms with E-state index in [4.69, 9.17) is 0 Å². The zero-order valence-electron chi connectivity index (χ0n) is 26.8. The van der Waals surface area contributed by atoms with E-state index in [1.807, 2.05) is 6.08 Å². The van der Waals surface area contributed by atoms with E-state index in [0.717, 1.165) is 56.9 Å². The van der Waals surface area contributed by atoms with E-state index < -0.39 is 11.4 Å². The molecule has 0 aromatic heterocycles. The number of aliphatic hydroxyl groups is 1. The number of nitro benzene ring substituents is 1. The van der Waals surface area contributed by atoms with E-state index in [2.05, 4.69) is 41.2 Å². The van der Waals surface area contributed by atoms with Crippen LogP contribution in [0, 0.1) is 66.8 Å². The molecule has 2 N–H and O–H groups in total. The van der Waals surface area contributed by atoms with Gasteiger partial charge in [-0.2, -0.15) is 0 Å². The van der Waals surface area contributed by atoms with Crippen molar-refractivity contribution in [3.05, 3.63) is 58.2 Å². The second-order valence-corrected chi connectivity index (χ2v) is 16.4. The van der Waals surface area contributed by atoms with Crippen molar-refractivity contribution >= 4 is 17.7 Å². The molecule has 10 atom stereocenters. The average molecular weight is 590 g/mol. The summed E-state index contributed by atoms with van der Waals surface area (Å²) < 4.78 is 0. The third kappa shape index (κ3) is 4.10. The fourth-order valence-corrected chi connectivity index (χ4v) is 12.5. The smallest absolute Gasteiger partial charge is 0.309 e. The molecule has 6 rings (SSSR count). The quantitative estimate of drug-likeness (QED) is 0.203. The van der Waals surface area contributed by atoms with Crippen LogP contribution in [0.1, 0.15) is 104 Å². The van der Waals surface area contributed by atoms with E-state index in [1.165, 1.54) is 6.07 Å². The topological polar surface area (TPSA) is 101 Å². The fraction of sp³-hybridized carbons (Fsp3) is 0.703. The van der Waals surface area contributed by atoms with Gasteiger partial charge in [-0.3, -0.25) is 14.9 Å². The SMILES string of the molecule is C=C(/C=C/c1ccccc1[N+](=O)[O-])[C@@H]1CC[C@]2(C(=O)O)CC[C@]3(C)[C@H](CC[C@@H]4[C@@]5(C)CC[C@H](O)C(C)(C)[C@@H]5CC[C@]43C)[C@@H]12. The van der Waals surface area contributed by atoms with Gasteiger partial charge in [0.05, 0.1) is 22.0 Å². The molecule has 43 heavy (non-hydrogen) atoms. The van der Waals surface area contributed by atoms with Crippen LogP contribution < -0.4 is 0 Å². The molecule has 0 radical (unpaired) electrons. The second kappa shape index (κ2) is 10.0. The lowest BCUT2D eigenvalue weighted by atomic mass is 9.32. The van der Waals surface area contributed by atoms with Crippen LogP contribution in [0.3, 0.4) is 0 Å². The summed E-state index contributed by atoms with van der Waals surface area (Å²) in [5.74, 6) is 0.767. The Kier molecular flexibility index (Phi) is 7.12. The van der Waals surface area contributed by atoms with Crippen LogP contribution >= 0.6 is 0 Å². The van der Waals surface area contributed by atoms with Crippen molar-refractivity contribution in [1.82, 2.24) is 0 Å². The van der Waals surface area contributed by atoms with Crippen molar-refractivity contribution in [3.8, 4) is 0 Å². The number of rotatable bonds is 5. The molecule has 0 spiro atoms. The number of aliphatic carboxylic acids is 1. The lowest BCUT2D eigenvalue weighted by Crippen LogP contribution is -2.67. The Morgan fingerprint density at radius 3 is 2.35 bits per heavy atom. The van der Waals surface area contributed by atoms with Gasteiger partial charge in [-0.05, 0) is 128 Å². The predicted molar refractivity (Wildman–Crippen MR) is 169 cm³/mol. The highest BCUT2D eigenvalue weighted by Gasteiger charge is 2.72. The maximum Gasteiger partial charge on any atom is 0.309 e. The first-order chi connectivity index (χ1) is 20.1. The first-order valence-electron chi connectivity index (χ1n) is 16.7. The van der Waals surface area contributed by atoms with Gasteiger partial charge in [-0.25, -0.2) is 0 Å². The molecular formula is C37H51NO5. The number of carbonyl (C=O) groups is 1. The van der Waals surface area contributed by atoms with Gasteiger partial charge >= 0.3 is 5.97 Å². The molecule has 0 amide bonds. The Morgan fingerprint density at radius 1 is 0.930 bits per heavy atom. The number of carboxylic acid groups (broad SMARTS) is 1. The fourth-order valence-electron chi connectivity index (χ4n) is 12.5. The molecule has 5 aliphatic rings. The van der Waals surface area contributed by atoms with Gasteiger partial charge in [0, 0.05) is 6.07 Å². The Bertz CT molecular complexity index is 1370. The van der Waals surface area contributed by atoms with E-state index in [0.29, 0.717) is 36.2 Å². The van der Waals surface area contributed by atoms with Crippen LogP contribution in [0.15, 0.2) is 42.5 Å². The summed E-state index contributed by atoms with van der Waals surface area (Å²) in [5, 5.41) is 33.4. The highest BCUT2D eigenvalue weighted by molar-refractivity contribution is 5.76. The van der Waals surface area contributed by atoms with Crippen molar-refractivity contribution in [2.75, 3.05) is 0 Å². The highest BCUT2D eigenvalue weighted by atomic mass is 16.6. The summed E-state index contributed by atoms with van der Waals surface area (Å²) in [6.07, 6.45) is 13.0. The monoisotopic (exact) mass is 589 g/mol. The van der Waals surface area contributed by atoms with Crippen molar-refractivity contribution in [1.29, 1.82) is 0 Å². The Morgan fingerprint density at radius 2 is 1.65 bits per heavy atom. The van der Waals surface area contributed by atoms with Crippen LogP contribution in [0.2, 0.25) is 0 Å².